The number of hydrogen-bond donors (Lipinski definition) is 2. The summed E-state index contributed by atoms with van der Waals surface area (Å²) in [6, 6.07) is 18.5. The predicted octanol–water partition coefficient (Wildman–Crippen LogP) is 4.16. The van der Waals surface area contributed by atoms with Crippen molar-refractivity contribution in [2.75, 3.05) is 5.32 Å². The van der Waals surface area contributed by atoms with Crippen molar-refractivity contribution in [3.63, 3.8) is 0 Å². The summed E-state index contributed by atoms with van der Waals surface area (Å²) in [5.41, 5.74) is 2.15. The monoisotopic (exact) mass is 422 g/mol. The van der Waals surface area contributed by atoms with Crippen LogP contribution < -0.4 is 10.6 Å². The van der Waals surface area contributed by atoms with Gasteiger partial charge in [-0.3, -0.25) is 0 Å². The molecule has 1 fully saturated rings. The van der Waals surface area contributed by atoms with Crippen molar-refractivity contribution in [3.05, 3.63) is 63.7 Å². The molecule has 23 heavy (non-hydrogen) atoms. The lowest BCUT2D eigenvalue weighted by molar-refractivity contribution is 0.129. The summed E-state index contributed by atoms with van der Waals surface area (Å²) in [4.78, 5) is 11.8. The third-order valence-electron chi connectivity index (χ3n) is 3.91. The van der Waals surface area contributed by atoms with Crippen LogP contribution in [0, 0.1) is 3.57 Å². The van der Waals surface area contributed by atoms with Crippen molar-refractivity contribution >= 4 is 34.4 Å². The number of carbonyl (C=O) groups excluding carboxylic acids is 1. The molecule has 0 radical (unpaired) electrons. The zero-order valence-electron chi connectivity index (χ0n) is 12.7. The average molecular weight is 422 g/mol. The van der Waals surface area contributed by atoms with Crippen LogP contribution in [0.15, 0.2) is 54.6 Å². The maximum atomic E-state index is 11.8. The van der Waals surface area contributed by atoms with E-state index in [-0.39, 0.29) is 12.1 Å². The van der Waals surface area contributed by atoms with Gasteiger partial charge in [-0.1, -0.05) is 42.5 Å². The van der Waals surface area contributed by atoms with Crippen molar-refractivity contribution in [2.45, 2.75) is 31.5 Å². The van der Waals surface area contributed by atoms with Gasteiger partial charge in [0.05, 0.1) is 0 Å². The van der Waals surface area contributed by atoms with Gasteiger partial charge in [0.1, 0.15) is 6.61 Å². The molecule has 1 aliphatic rings. The van der Waals surface area contributed by atoms with E-state index < -0.39 is 0 Å². The molecule has 120 valence electrons. The van der Waals surface area contributed by atoms with Gasteiger partial charge in [0, 0.05) is 21.3 Å². The molecular formula is C18H19IN2O2. The number of amides is 1. The number of hydrogen-bond acceptors (Lipinski definition) is 3. The Morgan fingerprint density at radius 2 is 1.74 bits per heavy atom. The Kier molecular flexibility index (Phi) is 5.38. The summed E-state index contributed by atoms with van der Waals surface area (Å²) in [6.07, 6.45) is 1.50. The molecule has 0 atom stereocenters. The van der Waals surface area contributed by atoms with Crippen LogP contribution in [0.2, 0.25) is 0 Å². The van der Waals surface area contributed by atoms with Crippen LogP contribution in [-0.2, 0) is 11.3 Å². The second-order valence-corrected chi connectivity index (χ2v) is 6.86. The van der Waals surface area contributed by atoms with Crippen LogP contribution >= 0.6 is 22.6 Å². The van der Waals surface area contributed by atoms with Crippen LogP contribution in [0.25, 0.3) is 0 Å². The Morgan fingerprint density at radius 1 is 1.04 bits per heavy atom. The quantitative estimate of drug-likeness (QED) is 0.712. The molecule has 2 aromatic rings. The first-order chi connectivity index (χ1) is 11.2. The summed E-state index contributed by atoms with van der Waals surface area (Å²) in [5.74, 6) is 0. The largest absolute Gasteiger partial charge is 0.445 e. The first kappa shape index (κ1) is 16.1. The summed E-state index contributed by atoms with van der Waals surface area (Å²) in [5, 5.41) is 6.42. The number of carbonyl (C=O) groups is 1. The van der Waals surface area contributed by atoms with Gasteiger partial charge in [-0.25, -0.2) is 4.79 Å². The minimum atomic E-state index is -0.341. The van der Waals surface area contributed by atoms with Gasteiger partial charge in [0.25, 0.3) is 0 Å². The number of para-hydroxylation sites is 1. The van der Waals surface area contributed by atoms with Crippen molar-refractivity contribution in [3.8, 4) is 0 Å². The Bertz CT molecular complexity index is 657. The highest BCUT2D eigenvalue weighted by molar-refractivity contribution is 14.1. The number of rotatable bonds is 5. The fraction of sp³-hybridized carbons (Fsp3) is 0.278. The van der Waals surface area contributed by atoms with E-state index in [0.717, 1.165) is 24.1 Å². The van der Waals surface area contributed by atoms with Gasteiger partial charge in [-0.05, 0) is 53.1 Å². The Morgan fingerprint density at radius 3 is 2.48 bits per heavy atom. The second-order valence-electron chi connectivity index (χ2n) is 5.70. The van der Waals surface area contributed by atoms with Gasteiger partial charge in [-0.15, -0.1) is 0 Å². The molecular weight excluding hydrogens is 403 g/mol. The molecule has 1 amide bonds. The zero-order valence-corrected chi connectivity index (χ0v) is 14.8. The lowest BCUT2D eigenvalue weighted by Gasteiger charge is -2.36. The van der Waals surface area contributed by atoms with Crippen molar-refractivity contribution in [2.24, 2.45) is 0 Å². The minimum Gasteiger partial charge on any atom is -0.445 e. The summed E-state index contributed by atoms with van der Waals surface area (Å²) in [7, 11) is 0. The molecule has 0 heterocycles. The zero-order chi connectivity index (χ0) is 16.1. The SMILES string of the molecule is O=C(NC1CC(Nc2ccccc2I)C1)OCc1ccccc1. The molecule has 2 aromatic carbocycles. The van der Waals surface area contributed by atoms with E-state index in [4.69, 9.17) is 4.74 Å². The first-order valence-electron chi connectivity index (χ1n) is 7.69. The van der Waals surface area contributed by atoms with Crippen molar-refractivity contribution < 1.29 is 9.53 Å². The molecule has 4 nitrogen and oxygen atoms in total. The van der Waals surface area contributed by atoms with Gasteiger partial charge < -0.3 is 15.4 Å². The molecule has 0 saturated heterocycles. The van der Waals surface area contributed by atoms with Gasteiger partial charge in [-0.2, -0.15) is 0 Å². The molecule has 1 aliphatic carbocycles. The maximum absolute atomic E-state index is 11.8. The summed E-state index contributed by atoms with van der Waals surface area (Å²) in [6.45, 7) is 0.309. The second kappa shape index (κ2) is 7.68. The van der Waals surface area contributed by atoms with Crippen LogP contribution in [0.4, 0.5) is 10.5 Å². The highest BCUT2D eigenvalue weighted by Gasteiger charge is 2.30. The van der Waals surface area contributed by atoms with Crippen LogP contribution in [0.1, 0.15) is 18.4 Å². The fourth-order valence-electron chi connectivity index (χ4n) is 2.58. The average Bonchev–Trinajstić information content (AvgIpc) is 2.54. The van der Waals surface area contributed by atoms with E-state index in [1.165, 1.54) is 3.57 Å². The van der Waals surface area contributed by atoms with Gasteiger partial charge in [0.2, 0.25) is 0 Å². The molecule has 0 bridgehead atoms. The predicted molar refractivity (Wildman–Crippen MR) is 99.4 cm³/mol. The van der Waals surface area contributed by atoms with Gasteiger partial charge in [0.15, 0.2) is 0 Å². The molecule has 3 rings (SSSR count). The molecule has 2 N–H and O–H groups in total. The lowest BCUT2D eigenvalue weighted by Crippen LogP contribution is -2.49. The van der Waals surface area contributed by atoms with E-state index in [2.05, 4.69) is 45.4 Å². The number of halogens is 1. The maximum Gasteiger partial charge on any atom is 0.407 e. The molecule has 0 aliphatic heterocycles. The molecule has 1 saturated carbocycles. The topological polar surface area (TPSA) is 50.4 Å². The van der Waals surface area contributed by atoms with E-state index >= 15 is 0 Å². The highest BCUT2D eigenvalue weighted by atomic mass is 127. The smallest absolute Gasteiger partial charge is 0.407 e. The van der Waals surface area contributed by atoms with E-state index in [1.807, 2.05) is 42.5 Å². The standard InChI is InChI=1S/C18H19IN2O2/c19-16-8-4-5-9-17(16)20-14-10-15(11-14)21-18(22)23-12-13-6-2-1-3-7-13/h1-9,14-15,20H,10-12H2,(H,21,22). The fourth-order valence-corrected chi connectivity index (χ4v) is 3.13. The van der Waals surface area contributed by atoms with Crippen LogP contribution in [0.5, 0.6) is 0 Å². The third-order valence-corrected chi connectivity index (χ3v) is 4.85. The normalized spacial score (nSPS) is 19.5. The Balaban J connectivity index is 1.37. The van der Waals surface area contributed by atoms with E-state index in [9.17, 15) is 4.79 Å². The molecule has 0 unspecified atom stereocenters. The third kappa shape index (κ3) is 4.60. The molecule has 0 aromatic heterocycles. The van der Waals surface area contributed by atoms with Crippen molar-refractivity contribution in [1.82, 2.24) is 5.32 Å². The first-order valence-corrected chi connectivity index (χ1v) is 8.77. The number of benzene rings is 2. The number of anilines is 1. The molecule has 0 spiro atoms. The number of ether oxygens (including phenoxy) is 1. The van der Waals surface area contributed by atoms with Gasteiger partial charge >= 0.3 is 6.09 Å². The number of nitrogens with one attached hydrogen (secondary N) is 2. The lowest BCUT2D eigenvalue weighted by atomic mass is 9.86. The van der Waals surface area contributed by atoms with Crippen molar-refractivity contribution in [1.29, 1.82) is 0 Å². The van der Waals surface area contributed by atoms with E-state index in [0.29, 0.717) is 12.6 Å². The number of alkyl carbamates (subject to hydrolysis) is 1. The van der Waals surface area contributed by atoms with E-state index in [1.54, 1.807) is 0 Å². The van der Waals surface area contributed by atoms with Crippen LogP contribution in [0.3, 0.4) is 0 Å². The molecule has 5 heteroatoms. The summed E-state index contributed by atoms with van der Waals surface area (Å²) < 4.78 is 6.45. The summed E-state index contributed by atoms with van der Waals surface area (Å²) >= 11 is 2.32. The van der Waals surface area contributed by atoms with Crippen LogP contribution in [-0.4, -0.2) is 18.2 Å². The highest BCUT2D eigenvalue weighted by Crippen LogP contribution is 2.26. The minimum absolute atomic E-state index is 0.192. The Labute approximate surface area is 149 Å². The Hall–Kier alpha value is -1.76.